The molecule has 0 atom stereocenters. The van der Waals surface area contributed by atoms with Crippen LogP contribution >= 0.6 is 11.6 Å². The lowest BCUT2D eigenvalue weighted by molar-refractivity contribution is -0.127. The summed E-state index contributed by atoms with van der Waals surface area (Å²) >= 11 is 6.26. The molecular formula is C14H18ClNO2. The lowest BCUT2D eigenvalue weighted by Crippen LogP contribution is -2.40. The largest absolute Gasteiger partial charge is 0.490 e. The van der Waals surface area contributed by atoms with E-state index in [1.165, 1.54) is 0 Å². The molecule has 1 aromatic carbocycles. The third-order valence-electron chi connectivity index (χ3n) is 3.42. The summed E-state index contributed by atoms with van der Waals surface area (Å²) in [7, 11) is 1.77. The number of ether oxygens (including phenoxy) is 1. The normalized spacial score (nSPS) is 18.1. The number of amides is 1. The fraction of sp³-hybridized carbons (Fsp3) is 0.500. The minimum atomic E-state index is -0.527. The van der Waals surface area contributed by atoms with E-state index in [1.807, 2.05) is 33.8 Å². The molecule has 1 aromatic rings. The first-order valence-electron chi connectivity index (χ1n) is 5.96. The van der Waals surface area contributed by atoms with Crippen LogP contribution in [0.5, 0.6) is 5.75 Å². The molecule has 1 aliphatic rings. The maximum absolute atomic E-state index is 12.4. The molecule has 0 unspecified atom stereocenters. The van der Waals surface area contributed by atoms with E-state index in [4.69, 9.17) is 16.3 Å². The third-order valence-corrected chi connectivity index (χ3v) is 4.00. The Hall–Kier alpha value is -1.22. The number of carbonyl (C=O) groups excluding carboxylic acids is 1. The van der Waals surface area contributed by atoms with Gasteiger partial charge in [0.15, 0.2) is 0 Å². The van der Waals surface area contributed by atoms with Crippen LogP contribution in [0.25, 0.3) is 0 Å². The summed E-state index contributed by atoms with van der Waals surface area (Å²) < 4.78 is 5.80. The van der Waals surface area contributed by atoms with Gasteiger partial charge in [0.25, 0.3) is 0 Å². The van der Waals surface area contributed by atoms with Crippen LogP contribution in [0, 0.1) is 19.3 Å². The van der Waals surface area contributed by atoms with Crippen molar-refractivity contribution in [3.63, 3.8) is 0 Å². The predicted octanol–water partition coefficient (Wildman–Crippen LogP) is 3.34. The topological polar surface area (TPSA) is 29.5 Å². The SMILES string of the molecule is Cc1cc2c(c(C)c1Cl)N(C)C(=O)C(C)(C)CO2. The van der Waals surface area contributed by atoms with Gasteiger partial charge >= 0.3 is 0 Å². The van der Waals surface area contributed by atoms with E-state index in [2.05, 4.69) is 0 Å². The highest BCUT2D eigenvalue weighted by atomic mass is 35.5. The number of fused-ring (bicyclic) bond motifs is 1. The van der Waals surface area contributed by atoms with Gasteiger partial charge in [0.05, 0.1) is 11.1 Å². The van der Waals surface area contributed by atoms with Crippen LogP contribution in [-0.2, 0) is 4.79 Å². The Balaban J connectivity index is 2.66. The highest BCUT2D eigenvalue weighted by molar-refractivity contribution is 6.32. The third kappa shape index (κ3) is 1.87. The highest BCUT2D eigenvalue weighted by Gasteiger charge is 2.37. The van der Waals surface area contributed by atoms with Gasteiger partial charge in [0.1, 0.15) is 12.4 Å². The molecule has 1 aliphatic heterocycles. The standard InChI is InChI=1S/C14H18ClNO2/c1-8-6-10-12(9(2)11(8)15)16(5)13(17)14(3,4)7-18-10/h6H,7H2,1-5H3. The zero-order valence-corrected chi connectivity index (χ0v) is 12.2. The smallest absolute Gasteiger partial charge is 0.235 e. The molecule has 0 saturated carbocycles. The van der Waals surface area contributed by atoms with Crippen molar-refractivity contribution in [2.75, 3.05) is 18.6 Å². The van der Waals surface area contributed by atoms with Crippen molar-refractivity contribution < 1.29 is 9.53 Å². The number of carbonyl (C=O) groups is 1. The molecular weight excluding hydrogens is 250 g/mol. The van der Waals surface area contributed by atoms with Gasteiger partial charge in [-0.1, -0.05) is 11.6 Å². The van der Waals surface area contributed by atoms with E-state index < -0.39 is 5.41 Å². The van der Waals surface area contributed by atoms with Crippen molar-refractivity contribution in [3.8, 4) is 5.75 Å². The van der Waals surface area contributed by atoms with Crippen LogP contribution in [0.3, 0.4) is 0 Å². The Labute approximate surface area is 113 Å². The van der Waals surface area contributed by atoms with Gasteiger partial charge in [-0.25, -0.2) is 0 Å². The molecule has 4 heteroatoms. The second kappa shape index (κ2) is 4.16. The molecule has 0 radical (unpaired) electrons. The summed E-state index contributed by atoms with van der Waals surface area (Å²) in [6.07, 6.45) is 0. The number of hydrogen-bond donors (Lipinski definition) is 0. The lowest BCUT2D eigenvalue weighted by Gasteiger charge is -2.25. The quantitative estimate of drug-likeness (QED) is 0.722. The van der Waals surface area contributed by atoms with Gasteiger partial charge in [0.2, 0.25) is 5.91 Å². The van der Waals surface area contributed by atoms with Crippen molar-refractivity contribution in [2.24, 2.45) is 5.41 Å². The summed E-state index contributed by atoms with van der Waals surface area (Å²) in [6, 6.07) is 1.90. The van der Waals surface area contributed by atoms with E-state index in [1.54, 1.807) is 11.9 Å². The Morgan fingerprint density at radius 2 is 2.00 bits per heavy atom. The molecule has 2 rings (SSSR count). The van der Waals surface area contributed by atoms with Gasteiger partial charge in [-0.15, -0.1) is 0 Å². The number of halogens is 1. The maximum atomic E-state index is 12.4. The Morgan fingerprint density at radius 3 is 2.61 bits per heavy atom. The monoisotopic (exact) mass is 267 g/mol. The molecule has 0 N–H and O–H groups in total. The number of rotatable bonds is 0. The second-order valence-corrected chi connectivity index (χ2v) is 5.89. The molecule has 0 saturated heterocycles. The van der Waals surface area contributed by atoms with Crippen LogP contribution in [0.1, 0.15) is 25.0 Å². The zero-order chi connectivity index (χ0) is 13.7. The Kier molecular flexibility index (Phi) is 3.06. The second-order valence-electron chi connectivity index (χ2n) is 5.52. The fourth-order valence-electron chi connectivity index (χ4n) is 2.32. The van der Waals surface area contributed by atoms with E-state index in [0.29, 0.717) is 11.6 Å². The van der Waals surface area contributed by atoms with Crippen LogP contribution in [0.2, 0.25) is 5.02 Å². The summed E-state index contributed by atoms with van der Waals surface area (Å²) in [5.74, 6) is 0.778. The van der Waals surface area contributed by atoms with E-state index in [0.717, 1.165) is 22.6 Å². The Morgan fingerprint density at radius 1 is 1.39 bits per heavy atom. The molecule has 0 aliphatic carbocycles. The molecule has 0 bridgehead atoms. The average Bonchev–Trinajstić information content (AvgIpc) is 2.38. The van der Waals surface area contributed by atoms with Crippen molar-refractivity contribution in [3.05, 3.63) is 22.2 Å². The van der Waals surface area contributed by atoms with Crippen molar-refractivity contribution in [1.82, 2.24) is 0 Å². The van der Waals surface area contributed by atoms with Gasteiger partial charge in [0, 0.05) is 12.1 Å². The van der Waals surface area contributed by atoms with Crippen LogP contribution in [-0.4, -0.2) is 19.6 Å². The lowest BCUT2D eigenvalue weighted by atomic mass is 9.93. The molecule has 0 aromatic heterocycles. The number of benzene rings is 1. The average molecular weight is 268 g/mol. The molecule has 0 spiro atoms. The molecule has 18 heavy (non-hydrogen) atoms. The van der Waals surface area contributed by atoms with Gasteiger partial charge < -0.3 is 9.64 Å². The number of aryl methyl sites for hydroxylation is 1. The summed E-state index contributed by atoms with van der Waals surface area (Å²) in [5.41, 5.74) is 2.11. The van der Waals surface area contributed by atoms with Crippen molar-refractivity contribution in [1.29, 1.82) is 0 Å². The van der Waals surface area contributed by atoms with Gasteiger partial charge in [-0.3, -0.25) is 4.79 Å². The molecule has 98 valence electrons. The maximum Gasteiger partial charge on any atom is 0.235 e. The van der Waals surface area contributed by atoms with E-state index >= 15 is 0 Å². The molecule has 3 nitrogen and oxygen atoms in total. The predicted molar refractivity (Wildman–Crippen MR) is 73.6 cm³/mol. The van der Waals surface area contributed by atoms with Crippen molar-refractivity contribution in [2.45, 2.75) is 27.7 Å². The fourth-order valence-corrected chi connectivity index (χ4v) is 2.46. The molecule has 0 fully saturated rings. The Bertz CT molecular complexity index is 523. The summed E-state index contributed by atoms with van der Waals surface area (Å²) in [5, 5.41) is 0.691. The van der Waals surface area contributed by atoms with Crippen molar-refractivity contribution >= 4 is 23.2 Å². The minimum Gasteiger partial charge on any atom is -0.490 e. The number of anilines is 1. The highest BCUT2D eigenvalue weighted by Crippen LogP contribution is 2.42. The van der Waals surface area contributed by atoms with E-state index in [-0.39, 0.29) is 5.91 Å². The minimum absolute atomic E-state index is 0.0456. The van der Waals surface area contributed by atoms with Crippen LogP contribution < -0.4 is 9.64 Å². The summed E-state index contributed by atoms with van der Waals surface area (Å²) in [4.78, 5) is 14.0. The van der Waals surface area contributed by atoms with E-state index in [9.17, 15) is 4.79 Å². The van der Waals surface area contributed by atoms with Crippen LogP contribution in [0.4, 0.5) is 5.69 Å². The zero-order valence-electron chi connectivity index (χ0n) is 11.4. The number of hydrogen-bond acceptors (Lipinski definition) is 2. The number of nitrogens with zero attached hydrogens (tertiary/aromatic N) is 1. The van der Waals surface area contributed by atoms with Crippen LogP contribution in [0.15, 0.2) is 6.07 Å². The van der Waals surface area contributed by atoms with Gasteiger partial charge in [-0.05, 0) is 44.9 Å². The summed E-state index contributed by atoms with van der Waals surface area (Å²) in [6.45, 7) is 8.02. The first-order valence-corrected chi connectivity index (χ1v) is 6.34. The molecule has 1 heterocycles. The van der Waals surface area contributed by atoms with Gasteiger partial charge in [-0.2, -0.15) is 0 Å². The first kappa shape index (κ1) is 13.2. The molecule has 1 amide bonds. The first-order chi connectivity index (χ1) is 8.25.